The van der Waals surface area contributed by atoms with Crippen LogP contribution in [-0.4, -0.2) is 27.6 Å². The Bertz CT molecular complexity index is 931. The van der Waals surface area contributed by atoms with E-state index in [2.05, 4.69) is 29.4 Å². The maximum Gasteiger partial charge on any atom is 0.327 e. The first-order valence-corrected chi connectivity index (χ1v) is 9.31. The van der Waals surface area contributed by atoms with Crippen molar-refractivity contribution in [2.45, 2.75) is 40.2 Å². The van der Waals surface area contributed by atoms with Gasteiger partial charge in [-0.15, -0.1) is 5.10 Å². The zero-order chi connectivity index (χ0) is 19.2. The number of hydrogen-bond donors (Lipinski definition) is 0. The molecule has 0 aliphatic heterocycles. The van der Waals surface area contributed by atoms with Crippen molar-refractivity contribution >= 4 is 5.97 Å². The predicted molar refractivity (Wildman–Crippen MR) is 106 cm³/mol. The highest BCUT2D eigenvalue weighted by Gasteiger charge is 2.19. The summed E-state index contributed by atoms with van der Waals surface area (Å²) >= 11 is 0. The second-order valence-corrected chi connectivity index (χ2v) is 6.76. The van der Waals surface area contributed by atoms with Crippen LogP contribution in [-0.2, 0) is 16.1 Å². The minimum atomic E-state index is -0.293. The number of rotatable bonds is 7. The molecule has 0 fully saturated rings. The fourth-order valence-electron chi connectivity index (χ4n) is 2.99. The number of aromatic nitrogens is 3. The van der Waals surface area contributed by atoms with Gasteiger partial charge in [0.2, 0.25) is 0 Å². The van der Waals surface area contributed by atoms with Gasteiger partial charge < -0.3 is 4.74 Å². The Morgan fingerprint density at radius 2 is 1.70 bits per heavy atom. The normalized spacial score (nSPS) is 10.8. The number of nitrogens with zero attached hydrogens (tertiary/aromatic N) is 3. The number of carbonyl (C=O) groups is 1. The summed E-state index contributed by atoms with van der Waals surface area (Å²) in [5.74, 6) is -0.293. The summed E-state index contributed by atoms with van der Waals surface area (Å²) in [6.45, 7) is 6.64. The summed E-state index contributed by atoms with van der Waals surface area (Å²) < 4.78 is 6.95. The number of unbranched alkanes of at least 4 members (excludes halogenated alkanes) is 1. The molecule has 2 aromatic carbocycles. The molecule has 0 aliphatic carbocycles. The van der Waals surface area contributed by atoms with Crippen molar-refractivity contribution in [1.29, 1.82) is 0 Å². The first-order valence-electron chi connectivity index (χ1n) is 9.31. The minimum Gasteiger partial charge on any atom is -0.464 e. The van der Waals surface area contributed by atoms with E-state index in [1.807, 2.05) is 50.2 Å². The van der Waals surface area contributed by atoms with Crippen LogP contribution in [0.4, 0.5) is 0 Å². The molecule has 140 valence electrons. The van der Waals surface area contributed by atoms with E-state index in [0.717, 1.165) is 46.5 Å². The average Bonchev–Trinajstić information content (AvgIpc) is 3.05. The highest BCUT2D eigenvalue weighted by Crippen LogP contribution is 2.31. The lowest BCUT2D eigenvalue weighted by Gasteiger charge is -2.10. The second kappa shape index (κ2) is 8.62. The Morgan fingerprint density at radius 1 is 1.04 bits per heavy atom. The van der Waals surface area contributed by atoms with Gasteiger partial charge >= 0.3 is 5.97 Å². The molecule has 5 nitrogen and oxygen atoms in total. The molecule has 0 bridgehead atoms. The molecule has 5 heteroatoms. The summed E-state index contributed by atoms with van der Waals surface area (Å²) in [7, 11) is 0. The van der Waals surface area contributed by atoms with Gasteiger partial charge in [-0.05, 0) is 32.4 Å². The fraction of sp³-hybridized carbons (Fsp3) is 0.318. The van der Waals surface area contributed by atoms with Crippen LogP contribution in [0.5, 0.6) is 0 Å². The number of ether oxygens (including phenoxy) is 1. The molecule has 0 amide bonds. The van der Waals surface area contributed by atoms with Gasteiger partial charge in [0.15, 0.2) is 0 Å². The lowest BCUT2D eigenvalue weighted by Crippen LogP contribution is -2.16. The lowest BCUT2D eigenvalue weighted by atomic mass is 10.0. The van der Waals surface area contributed by atoms with Gasteiger partial charge in [0.05, 0.1) is 12.3 Å². The maximum absolute atomic E-state index is 12.2. The maximum atomic E-state index is 12.2. The summed E-state index contributed by atoms with van der Waals surface area (Å²) in [5.41, 5.74) is 5.86. The lowest BCUT2D eigenvalue weighted by molar-refractivity contribution is -0.144. The molecule has 0 saturated carbocycles. The van der Waals surface area contributed by atoms with Gasteiger partial charge in [0, 0.05) is 11.1 Å². The predicted octanol–water partition coefficient (Wildman–Crippen LogP) is 4.57. The molecule has 0 aliphatic rings. The van der Waals surface area contributed by atoms with Crippen LogP contribution in [0, 0.1) is 13.8 Å². The monoisotopic (exact) mass is 363 g/mol. The molecule has 1 heterocycles. The van der Waals surface area contributed by atoms with E-state index < -0.39 is 0 Å². The van der Waals surface area contributed by atoms with Crippen LogP contribution in [0.25, 0.3) is 22.5 Å². The topological polar surface area (TPSA) is 57.0 Å². The molecular weight excluding hydrogens is 338 g/mol. The zero-order valence-electron chi connectivity index (χ0n) is 16.1. The minimum absolute atomic E-state index is 0.0474. The molecule has 0 saturated heterocycles. The number of aryl methyl sites for hydroxylation is 2. The number of esters is 1. The van der Waals surface area contributed by atoms with Crippen molar-refractivity contribution in [1.82, 2.24) is 15.0 Å². The van der Waals surface area contributed by atoms with Gasteiger partial charge in [0.25, 0.3) is 0 Å². The van der Waals surface area contributed by atoms with E-state index in [9.17, 15) is 4.79 Å². The van der Waals surface area contributed by atoms with Crippen LogP contribution in [0.1, 0.15) is 30.9 Å². The van der Waals surface area contributed by atoms with E-state index in [1.54, 1.807) is 4.68 Å². The smallest absolute Gasteiger partial charge is 0.327 e. The summed E-state index contributed by atoms with van der Waals surface area (Å²) in [4.78, 5) is 12.2. The molecule has 0 N–H and O–H groups in total. The molecule has 1 aromatic heterocycles. The third kappa shape index (κ3) is 4.61. The van der Waals surface area contributed by atoms with Gasteiger partial charge in [-0.2, -0.15) is 0 Å². The van der Waals surface area contributed by atoms with Crippen LogP contribution < -0.4 is 0 Å². The molecule has 27 heavy (non-hydrogen) atoms. The number of benzene rings is 2. The largest absolute Gasteiger partial charge is 0.464 e. The van der Waals surface area contributed by atoms with Gasteiger partial charge in [-0.25, -0.2) is 4.68 Å². The Balaban J connectivity index is 2.00. The van der Waals surface area contributed by atoms with Crippen molar-refractivity contribution < 1.29 is 9.53 Å². The number of hydrogen-bond acceptors (Lipinski definition) is 4. The molecule has 3 rings (SSSR count). The third-order valence-electron chi connectivity index (χ3n) is 4.36. The quantitative estimate of drug-likeness (QED) is 0.456. The highest BCUT2D eigenvalue weighted by atomic mass is 16.5. The van der Waals surface area contributed by atoms with Crippen LogP contribution >= 0.6 is 0 Å². The molecule has 3 aromatic rings. The third-order valence-corrected chi connectivity index (χ3v) is 4.36. The first kappa shape index (κ1) is 18.8. The highest BCUT2D eigenvalue weighted by molar-refractivity contribution is 5.80. The molecule has 0 unspecified atom stereocenters. The summed E-state index contributed by atoms with van der Waals surface area (Å²) in [6, 6.07) is 16.3. The van der Waals surface area contributed by atoms with Crippen molar-refractivity contribution in [2.24, 2.45) is 0 Å². The van der Waals surface area contributed by atoms with E-state index in [4.69, 9.17) is 4.74 Å². The summed E-state index contributed by atoms with van der Waals surface area (Å²) in [5, 5.41) is 8.65. The van der Waals surface area contributed by atoms with Gasteiger partial charge in [0.1, 0.15) is 12.2 Å². The average molecular weight is 363 g/mol. The second-order valence-electron chi connectivity index (χ2n) is 6.76. The molecule has 0 radical (unpaired) electrons. The summed E-state index contributed by atoms with van der Waals surface area (Å²) in [6.07, 6.45) is 1.85. The van der Waals surface area contributed by atoms with Crippen LogP contribution in [0.15, 0.2) is 48.5 Å². The number of carbonyl (C=O) groups excluding carboxylic acids is 1. The van der Waals surface area contributed by atoms with Crippen molar-refractivity contribution in [2.75, 3.05) is 6.61 Å². The Labute approximate surface area is 160 Å². The van der Waals surface area contributed by atoms with Crippen molar-refractivity contribution in [3.8, 4) is 22.5 Å². The molecule has 0 spiro atoms. The zero-order valence-corrected chi connectivity index (χ0v) is 16.1. The van der Waals surface area contributed by atoms with Gasteiger partial charge in [-0.1, -0.05) is 66.1 Å². The standard InChI is InChI=1S/C22H25N3O2/c1-4-5-12-27-20(26)15-25-22(19-11-7-9-17(3)14-19)21(23-24-25)18-10-6-8-16(2)13-18/h6-11,13-14H,4-5,12,15H2,1-3H3. The van der Waals surface area contributed by atoms with Crippen molar-refractivity contribution in [3.05, 3.63) is 59.7 Å². The Kier molecular flexibility index (Phi) is 6.01. The van der Waals surface area contributed by atoms with Crippen molar-refractivity contribution in [3.63, 3.8) is 0 Å². The van der Waals surface area contributed by atoms with Crippen LogP contribution in [0.2, 0.25) is 0 Å². The van der Waals surface area contributed by atoms with E-state index in [0.29, 0.717) is 6.61 Å². The Hall–Kier alpha value is -2.95. The Morgan fingerprint density at radius 3 is 2.37 bits per heavy atom. The van der Waals surface area contributed by atoms with Gasteiger partial charge in [-0.3, -0.25) is 4.79 Å². The molecule has 0 atom stereocenters. The SMILES string of the molecule is CCCCOC(=O)Cn1nnc(-c2cccc(C)c2)c1-c1cccc(C)c1. The van der Waals surface area contributed by atoms with Crippen LogP contribution in [0.3, 0.4) is 0 Å². The first-order chi connectivity index (χ1) is 13.1. The molecular formula is C22H25N3O2. The fourth-order valence-corrected chi connectivity index (χ4v) is 2.99. The van der Waals surface area contributed by atoms with E-state index in [1.165, 1.54) is 0 Å². The van der Waals surface area contributed by atoms with E-state index in [-0.39, 0.29) is 12.5 Å². The van der Waals surface area contributed by atoms with E-state index >= 15 is 0 Å².